The van der Waals surface area contributed by atoms with Crippen LogP contribution in [0.3, 0.4) is 0 Å². The SMILES string of the molecule is CC(C)c1nc2n(c1Br)CCCC2CN. The second-order valence-corrected chi connectivity index (χ2v) is 5.28. The van der Waals surface area contributed by atoms with Crippen LogP contribution in [0.5, 0.6) is 0 Å². The van der Waals surface area contributed by atoms with Crippen molar-refractivity contribution in [3.05, 3.63) is 16.1 Å². The number of fused-ring (bicyclic) bond motifs is 1. The van der Waals surface area contributed by atoms with Crippen molar-refractivity contribution in [3.63, 3.8) is 0 Å². The average Bonchev–Trinajstić information content (AvgIpc) is 2.56. The van der Waals surface area contributed by atoms with Crippen molar-refractivity contribution >= 4 is 15.9 Å². The van der Waals surface area contributed by atoms with E-state index < -0.39 is 0 Å². The van der Waals surface area contributed by atoms with Crippen LogP contribution in [0, 0.1) is 0 Å². The molecule has 0 fully saturated rings. The number of hydrogen-bond donors (Lipinski definition) is 1. The van der Waals surface area contributed by atoms with Gasteiger partial charge in [-0.15, -0.1) is 0 Å². The van der Waals surface area contributed by atoms with Crippen LogP contribution in [0.2, 0.25) is 0 Å². The Balaban J connectivity index is 2.45. The summed E-state index contributed by atoms with van der Waals surface area (Å²) < 4.78 is 3.45. The van der Waals surface area contributed by atoms with Gasteiger partial charge in [0.1, 0.15) is 10.4 Å². The lowest BCUT2D eigenvalue weighted by Gasteiger charge is -2.22. The van der Waals surface area contributed by atoms with Crippen LogP contribution in [0.25, 0.3) is 0 Å². The number of nitrogens with two attached hydrogens (primary N) is 1. The molecule has 2 rings (SSSR count). The molecule has 1 atom stereocenters. The number of aromatic nitrogens is 2. The minimum atomic E-state index is 0.447. The molecule has 0 bridgehead atoms. The van der Waals surface area contributed by atoms with Crippen LogP contribution >= 0.6 is 15.9 Å². The van der Waals surface area contributed by atoms with E-state index in [0.717, 1.165) is 11.1 Å². The first-order valence-electron chi connectivity index (χ1n) is 5.61. The van der Waals surface area contributed by atoms with Gasteiger partial charge in [0.25, 0.3) is 0 Å². The molecule has 84 valence electrons. The summed E-state index contributed by atoms with van der Waals surface area (Å²) in [6.45, 7) is 6.14. The Morgan fingerprint density at radius 3 is 2.93 bits per heavy atom. The van der Waals surface area contributed by atoms with Crippen molar-refractivity contribution in [2.24, 2.45) is 5.73 Å². The molecule has 4 heteroatoms. The fraction of sp³-hybridized carbons (Fsp3) is 0.727. The second kappa shape index (κ2) is 4.26. The molecule has 0 amide bonds. The van der Waals surface area contributed by atoms with Gasteiger partial charge in [0.2, 0.25) is 0 Å². The smallest absolute Gasteiger partial charge is 0.114 e. The molecule has 0 saturated heterocycles. The topological polar surface area (TPSA) is 43.8 Å². The van der Waals surface area contributed by atoms with Crippen molar-refractivity contribution in [3.8, 4) is 0 Å². The third-order valence-corrected chi connectivity index (χ3v) is 3.93. The molecule has 0 saturated carbocycles. The van der Waals surface area contributed by atoms with Crippen molar-refractivity contribution in [1.82, 2.24) is 9.55 Å². The van der Waals surface area contributed by atoms with Gasteiger partial charge >= 0.3 is 0 Å². The van der Waals surface area contributed by atoms with E-state index in [2.05, 4.69) is 34.3 Å². The molecule has 1 aromatic heterocycles. The molecule has 1 aliphatic rings. The molecule has 15 heavy (non-hydrogen) atoms. The summed E-state index contributed by atoms with van der Waals surface area (Å²) in [4.78, 5) is 4.74. The van der Waals surface area contributed by atoms with Gasteiger partial charge in [-0.25, -0.2) is 4.98 Å². The van der Waals surface area contributed by atoms with Crippen LogP contribution in [0.1, 0.15) is 50.0 Å². The molecule has 2 N–H and O–H groups in total. The van der Waals surface area contributed by atoms with Crippen molar-refractivity contribution in [1.29, 1.82) is 0 Å². The van der Waals surface area contributed by atoms with Gasteiger partial charge in [-0.05, 0) is 34.7 Å². The fourth-order valence-electron chi connectivity index (χ4n) is 2.21. The summed E-state index contributed by atoms with van der Waals surface area (Å²) in [5.41, 5.74) is 6.96. The summed E-state index contributed by atoms with van der Waals surface area (Å²) >= 11 is 3.65. The number of halogens is 1. The van der Waals surface area contributed by atoms with E-state index in [4.69, 9.17) is 10.7 Å². The third kappa shape index (κ3) is 1.85. The normalized spacial score (nSPS) is 20.7. The molecule has 3 nitrogen and oxygen atoms in total. The molecule has 0 spiro atoms. The summed E-state index contributed by atoms with van der Waals surface area (Å²) in [7, 11) is 0. The Morgan fingerprint density at radius 2 is 2.33 bits per heavy atom. The van der Waals surface area contributed by atoms with E-state index in [0.29, 0.717) is 18.4 Å². The zero-order valence-electron chi connectivity index (χ0n) is 9.33. The van der Waals surface area contributed by atoms with E-state index >= 15 is 0 Å². The Bertz CT molecular complexity index is 357. The maximum atomic E-state index is 5.78. The minimum Gasteiger partial charge on any atom is -0.330 e. The van der Waals surface area contributed by atoms with Crippen molar-refractivity contribution in [2.75, 3.05) is 6.54 Å². The molecule has 0 aliphatic carbocycles. The van der Waals surface area contributed by atoms with Crippen LogP contribution in [-0.4, -0.2) is 16.1 Å². The van der Waals surface area contributed by atoms with E-state index in [1.165, 1.54) is 24.4 Å². The Kier molecular flexibility index (Phi) is 3.16. The first-order valence-corrected chi connectivity index (χ1v) is 6.40. The molecule has 0 radical (unpaired) electrons. The van der Waals surface area contributed by atoms with E-state index in [-0.39, 0.29) is 0 Å². The van der Waals surface area contributed by atoms with Crippen LogP contribution < -0.4 is 5.73 Å². The van der Waals surface area contributed by atoms with Gasteiger partial charge in [-0.1, -0.05) is 13.8 Å². The van der Waals surface area contributed by atoms with Crippen molar-refractivity contribution < 1.29 is 0 Å². The standard InChI is InChI=1S/C11H18BrN3/c1-7(2)9-10(12)15-5-3-4-8(6-13)11(15)14-9/h7-8H,3-6,13H2,1-2H3. The highest BCUT2D eigenvalue weighted by atomic mass is 79.9. The van der Waals surface area contributed by atoms with Crippen molar-refractivity contribution in [2.45, 2.75) is 45.1 Å². The van der Waals surface area contributed by atoms with E-state index in [1.807, 2.05) is 0 Å². The molecular weight excluding hydrogens is 254 g/mol. The first-order chi connectivity index (χ1) is 7.15. The van der Waals surface area contributed by atoms with Gasteiger partial charge in [0.15, 0.2) is 0 Å². The number of nitrogens with zero attached hydrogens (tertiary/aromatic N) is 2. The monoisotopic (exact) mass is 271 g/mol. The molecular formula is C11H18BrN3. The van der Waals surface area contributed by atoms with Gasteiger partial charge < -0.3 is 10.3 Å². The highest BCUT2D eigenvalue weighted by molar-refractivity contribution is 9.10. The first kappa shape index (κ1) is 11.1. The third-order valence-electron chi connectivity index (χ3n) is 3.09. The second-order valence-electron chi connectivity index (χ2n) is 4.53. The highest BCUT2D eigenvalue weighted by Crippen LogP contribution is 2.33. The lowest BCUT2D eigenvalue weighted by atomic mass is 9.99. The maximum Gasteiger partial charge on any atom is 0.114 e. The molecule has 1 unspecified atom stereocenters. The lowest BCUT2D eigenvalue weighted by molar-refractivity contribution is 0.444. The predicted octanol–water partition coefficient (Wildman–Crippen LogP) is 2.61. The molecule has 1 aromatic rings. The number of rotatable bonds is 2. The summed E-state index contributed by atoms with van der Waals surface area (Å²) in [6.07, 6.45) is 2.39. The lowest BCUT2D eigenvalue weighted by Crippen LogP contribution is -2.22. The zero-order valence-corrected chi connectivity index (χ0v) is 10.9. The average molecular weight is 272 g/mol. The number of hydrogen-bond acceptors (Lipinski definition) is 2. The van der Waals surface area contributed by atoms with Gasteiger partial charge in [-0.3, -0.25) is 0 Å². The van der Waals surface area contributed by atoms with Gasteiger partial charge in [0.05, 0.1) is 5.69 Å². The Hall–Kier alpha value is -0.350. The fourth-order valence-corrected chi connectivity index (χ4v) is 3.11. The van der Waals surface area contributed by atoms with Gasteiger partial charge in [0, 0.05) is 19.0 Å². The van der Waals surface area contributed by atoms with Crippen LogP contribution in [0.4, 0.5) is 0 Å². The van der Waals surface area contributed by atoms with Crippen LogP contribution in [-0.2, 0) is 6.54 Å². The summed E-state index contributed by atoms with van der Waals surface area (Å²) in [5, 5.41) is 0. The largest absolute Gasteiger partial charge is 0.330 e. The predicted molar refractivity (Wildman–Crippen MR) is 65.0 cm³/mol. The molecule has 0 aromatic carbocycles. The Morgan fingerprint density at radius 1 is 1.60 bits per heavy atom. The maximum absolute atomic E-state index is 5.78. The molecule has 1 aliphatic heterocycles. The van der Waals surface area contributed by atoms with E-state index in [9.17, 15) is 0 Å². The van der Waals surface area contributed by atoms with E-state index in [1.54, 1.807) is 0 Å². The summed E-state index contributed by atoms with van der Waals surface area (Å²) in [5.74, 6) is 2.10. The zero-order chi connectivity index (χ0) is 11.0. The number of imidazole rings is 1. The van der Waals surface area contributed by atoms with Gasteiger partial charge in [-0.2, -0.15) is 0 Å². The molecule has 2 heterocycles. The summed E-state index contributed by atoms with van der Waals surface area (Å²) in [6, 6.07) is 0. The highest BCUT2D eigenvalue weighted by Gasteiger charge is 2.25. The Labute approximate surface area is 99.2 Å². The quantitative estimate of drug-likeness (QED) is 0.899. The minimum absolute atomic E-state index is 0.447. The van der Waals surface area contributed by atoms with Crippen LogP contribution in [0.15, 0.2) is 4.60 Å².